The number of nitrogens with zero attached hydrogens (tertiary/aromatic N) is 1. The van der Waals surface area contributed by atoms with E-state index in [1.165, 1.54) is 0 Å². The van der Waals surface area contributed by atoms with Crippen LogP contribution in [0.1, 0.15) is 27.9 Å². The monoisotopic (exact) mass is 409 g/mol. The average molecular weight is 409 g/mol. The van der Waals surface area contributed by atoms with Crippen LogP contribution in [0, 0.1) is 19.8 Å². The van der Waals surface area contributed by atoms with E-state index < -0.39 is 30.3 Å². The van der Waals surface area contributed by atoms with Gasteiger partial charge in [0.15, 0.2) is 6.61 Å². The van der Waals surface area contributed by atoms with Crippen molar-refractivity contribution in [3.8, 4) is 0 Å². The third kappa shape index (κ3) is 4.83. The van der Waals surface area contributed by atoms with E-state index in [1.54, 1.807) is 35.2 Å². The highest BCUT2D eigenvalue weighted by molar-refractivity contribution is 6.01. The second-order valence-corrected chi connectivity index (χ2v) is 7.12. The van der Waals surface area contributed by atoms with E-state index in [2.05, 4.69) is 10.9 Å². The molecule has 1 aliphatic rings. The van der Waals surface area contributed by atoms with Crippen LogP contribution in [-0.2, 0) is 19.1 Å². The quantitative estimate of drug-likeness (QED) is 0.577. The fourth-order valence-corrected chi connectivity index (χ4v) is 3.39. The topological polar surface area (TPSA) is 105 Å². The highest BCUT2D eigenvalue weighted by atomic mass is 16.5. The summed E-state index contributed by atoms with van der Waals surface area (Å²) in [6.07, 6.45) is 0.0268. The maximum atomic E-state index is 12.4. The van der Waals surface area contributed by atoms with Gasteiger partial charge < -0.3 is 9.64 Å². The van der Waals surface area contributed by atoms with Crippen molar-refractivity contribution in [2.45, 2.75) is 20.3 Å². The first kappa shape index (κ1) is 21.0. The number of aryl methyl sites for hydroxylation is 2. The van der Waals surface area contributed by atoms with Crippen molar-refractivity contribution in [2.24, 2.45) is 5.92 Å². The molecule has 2 aromatic rings. The summed E-state index contributed by atoms with van der Waals surface area (Å²) in [5, 5.41) is 0. The van der Waals surface area contributed by atoms with Gasteiger partial charge in [-0.05, 0) is 37.1 Å². The SMILES string of the molecule is Cc1cccc(C)c1N1C[C@H](C(=O)OCC(=O)NNC(=O)c2ccccc2)CC1=O. The number of hydrazine groups is 1. The summed E-state index contributed by atoms with van der Waals surface area (Å²) in [6, 6.07) is 14.1. The maximum absolute atomic E-state index is 12.4. The molecule has 156 valence electrons. The Morgan fingerprint density at radius 2 is 1.67 bits per heavy atom. The Kier molecular flexibility index (Phi) is 6.46. The number of esters is 1. The molecule has 30 heavy (non-hydrogen) atoms. The lowest BCUT2D eigenvalue weighted by molar-refractivity contribution is -0.152. The number of benzene rings is 2. The van der Waals surface area contributed by atoms with Crippen LogP contribution in [0.4, 0.5) is 5.69 Å². The predicted molar refractivity (Wildman–Crippen MR) is 109 cm³/mol. The van der Waals surface area contributed by atoms with Crippen LogP contribution in [0.3, 0.4) is 0 Å². The summed E-state index contributed by atoms with van der Waals surface area (Å²) >= 11 is 0. The Labute approximate surface area is 174 Å². The van der Waals surface area contributed by atoms with Crippen LogP contribution in [0.15, 0.2) is 48.5 Å². The number of hydrogen-bond acceptors (Lipinski definition) is 5. The van der Waals surface area contributed by atoms with Gasteiger partial charge in [0.1, 0.15) is 0 Å². The van der Waals surface area contributed by atoms with Gasteiger partial charge in [0.2, 0.25) is 5.91 Å². The first-order valence-electron chi connectivity index (χ1n) is 9.54. The van der Waals surface area contributed by atoms with E-state index in [1.807, 2.05) is 32.0 Å². The van der Waals surface area contributed by atoms with E-state index in [4.69, 9.17) is 4.74 Å². The normalized spacial score (nSPS) is 15.6. The minimum absolute atomic E-state index is 0.0268. The Bertz CT molecular complexity index is 954. The lowest BCUT2D eigenvalue weighted by Gasteiger charge is -2.21. The molecule has 2 aromatic carbocycles. The van der Waals surface area contributed by atoms with E-state index in [9.17, 15) is 19.2 Å². The Balaban J connectivity index is 1.49. The molecule has 1 atom stereocenters. The molecule has 0 spiro atoms. The zero-order chi connectivity index (χ0) is 21.7. The zero-order valence-corrected chi connectivity index (χ0v) is 16.8. The molecule has 8 nitrogen and oxygen atoms in total. The van der Waals surface area contributed by atoms with Crippen molar-refractivity contribution in [3.05, 3.63) is 65.2 Å². The summed E-state index contributed by atoms with van der Waals surface area (Å²) in [4.78, 5) is 50.1. The first-order valence-corrected chi connectivity index (χ1v) is 9.54. The number of hydrogen-bond donors (Lipinski definition) is 2. The van der Waals surface area contributed by atoms with Crippen molar-refractivity contribution < 1.29 is 23.9 Å². The molecule has 1 aliphatic heterocycles. The van der Waals surface area contributed by atoms with Gasteiger partial charge in [0.25, 0.3) is 11.8 Å². The standard InChI is InChI=1S/C22H23N3O5/c1-14-7-6-8-15(2)20(14)25-12-17(11-19(25)27)22(29)30-13-18(26)23-24-21(28)16-9-4-3-5-10-16/h3-10,17H,11-13H2,1-2H3,(H,23,26)(H,24,28)/t17-/m1/s1. The summed E-state index contributed by atoms with van der Waals surface area (Å²) < 4.78 is 5.04. The van der Waals surface area contributed by atoms with Crippen LogP contribution in [-0.4, -0.2) is 36.8 Å². The van der Waals surface area contributed by atoms with Crippen molar-refractivity contribution in [2.75, 3.05) is 18.1 Å². The fourth-order valence-electron chi connectivity index (χ4n) is 3.39. The maximum Gasteiger partial charge on any atom is 0.311 e. The van der Waals surface area contributed by atoms with Crippen molar-refractivity contribution in [1.29, 1.82) is 0 Å². The molecule has 0 radical (unpaired) electrons. The lowest BCUT2D eigenvalue weighted by Crippen LogP contribution is -2.43. The zero-order valence-electron chi connectivity index (χ0n) is 16.8. The van der Waals surface area contributed by atoms with Gasteiger partial charge in [0.05, 0.1) is 5.92 Å². The molecule has 0 bridgehead atoms. The molecular weight excluding hydrogens is 386 g/mol. The molecule has 3 amide bonds. The fraction of sp³-hybridized carbons (Fsp3) is 0.273. The van der Waals surface area contributed by atoms with Gasteiger partial charge in [-0.15, -0.1) is 0 Å². The van der Waals surface area contributed by atoms with E-state index >= 15 is 0 Å². The molecule has 0 unspecified atom stereocenters. The molecular formula is C22H23N3O5. The molecule has 0 aromatic heterocycles. The smallest absolute Gasteiger partial charge is 0.311 e. The van der Waals surface area contributed by atoms with Gasteiger partial charge >= 0.3 is 5.97 Å². The van der Waals surface area contributed by atoms with E-state index in [0.717, 1.165) is 16.8 Å². The summed E-state index contributed by atoms with van der Waals surface area (Å²) in [5.41, 5.74) is 7.53. The lowest BCUT2D eigenvalue weighted by atomic mass is 10.1. The largest absolute Gasteiger partial charge is 0.455 e. The molecule has 1 heterocycles. The Morgan fingerprint density at radius 1 is 1.00 bits per heavy atom. The summed E-state index contributed by atoms with van der Waals surface area (Å²) in [6.45, 7) is 3.47. The second-order valence-electron chi connectivity index (χ2n) is 7.12. The number of nitrogens with one attached hydrogen (secondary N) is 2. The molecule has 1 fully saturated rings. The summed E-state index contributed by atoms with van der Waals surface area (Å²) in [5.74, 6) is -2.59. The molecule has 3 rings (SSSR count). The highest BCUT2D eigenvalue weighted by Crippen LogP contribution is 2.31. The van der Waals surface area contributed by atoms with Crippen molar-refractivity contribution in [3.63, 3.8) is 0 Å². The highest BCUT2D eigenvalue weighted by Gasteiger charge is 2.37. The van der Waals surface area contributed by atoms with Crippen molar-refractivity contribution >= 4 is 29.4 Å². The minimum Gasteiger partial charge on any atom is -0.455 e. The molecule has 2 N–H and O–H groups in total. The van der Waals surface area contributed by atoms with Gasteiger partial charge in [0, 0.05) is 24.2 Å². The third-order valence-corrected chi connectivity index (χ3v) is 4.86. The Hall–Kier alpha value is -3.68. The van der Waals surface area contributed by atoms with Crippen LogP contribution < -0.4 is 15.8 Å². The van der Waals surface area contributed by atoms with E-state index in [-0.39, 0.29) is 18.9 Å². The number of ether oxygens (including phenoxy) is 1. The van der Waals surface area contributed by atoms with Crippen LogP contribution in [0.5, 0.6) is 0 Å². The minimum atomic E-state index is -0.677. The molecule has 8 heteroatoms. The number of amides is 3. The predicted octanol–water partition coefficient (Wildman–Crippen LogP) is 1.66. The molecule has 0 aliphatic carbocycles. The number of carbonyl (C=O) groups is 4. The van der Waals surface area contributed by atoms with Gasteiger partial charge in [-0.25, -0.2) is 0 Å². The van der Waals surface area contributed by atoms with Gasteiger partial charge in [-0.1, -0.05) is 36.4 Å². The first-order chi connectivity index (χ1) is 14.4. The number of anilines is 1. The number of carbonyl (C=O) groups excluding carboxylic acids is 4. The van der Waals surface area contributed by atoms with Crippen LogP contribution in [0.2, 0.25) is 0 Å². The summed E-state index contributed by atoms with van der Waals surface area (Å²) in [7, 11) is 0. The second kappa shape index (κ2) is 9.21. The van der Waals surface area contributed by atoms with Gasteiger partial charge in [-0.3, -0.25) is 30.0 Å². The average Bonchev–Trinajstić information content (AvgIpc) is 3.12. The van der Waals surface area contributed by atoms with Crippen LogP contribution >= 0.6 is 0 Å². The van der Waals surface area contributed by atoms with Crippen LogP contribution in [0.25, 0.3) is 0 Å². The van der Waals surface area contributed by atoms with Crippen molar-refractivity contribution in [1.82, 2.24) is 10.9 Å². The third-order valence-electron chi connectivity index (χ3n) is 4.86. The van der Waals surface area contributed by atoms with E-state index in [0.29, 0.717) is 5.56 Å². The molecule has 0 saturated carbocycles. The number of para-hydroxylation sites is 1. The molecule has 1 saturated heterocycles. The Morgan fingerprint density at radius 3 is 2.33 bits per heavy atom. The van der Waals surface area contributed by atoms with Gasteiger partial charge in [-0.2, -0.15) is 0 Å². The number of rotatable bonds is 5.